The van der Waals surface area contributed by atoms with Crippen molar-refractivity contribution in [2.75, 3.05) is 0 Å². The van der Waals surface area contributed by atoms with Crippen molar-refractivity contribution in [3.8, 4) is 0 Å². The Morgan fingerprint density at radius 1 is 1.10 bits per heavy atom. The molecule has 0 saturated heterocycles. The van der Waals surface area contributed by atoms with Crippen LogP contribution in [0.25, 0.3) is 11.0 Å². The van der Waals surface area contributed by atoms with E-state index in [-0.39, 0.29) is 30.6 Å². The first kappa shape index (κ1) is 19.0. The number of aromatic nitrogens is 3. The van der Waals surface area contributed by atoms with Crippen LogP contribution in [0.2, 0.25) is 0 Å². The van der Waals surface area contributed by atoms with E-state index in [1.54, 1.807) is 12.1 Å². The standard InChI is InChI=1S/C21H21FN4O3/c22-15-9-7-14(8-10-15)12-26-20(28)19-17(6-3-11-23-19)25(21(26)29)13-18(27)24-16-4-1-2-5-16/h3,6-11,16H,1-2,4-5,12-13H2,(H,24,27). The zero-order chi connectivity index (χ0) is 20.4. The lowest BCUT2D eigenvalue weighted by molar-refractivity contribution is -0.122. The van der Waals surface area contributed by atoms with Gasteiger partial charge < -0.3 is 5.32 Å². The third-order valence-corrected chi connectivity index (χ3v) is 5.26. The Balaban J connectivity index is 1.74. The van der Waals surface area contributed by atoms with Gasteiger partial charge >= 0.3 is 5.69 Å². The van der Waals surface area contributed by atoms with Gasteiger partial charge in [0.1, 0.15) is 12.4 Å². The average Bonchev–Trinajstić information content (AvgIpc) is 3.23. The van der Waals surface area contributed by atoms with Gasteiger partial charge in [0.05, 0.1) is 12.1 Å². The lowest BCUT2D eigenvalue weighted by Gasteiger charge is -2.16. The van der Waals surface area contributed by atoms with Crippen molar-refractivity contribution < 1.29 is 9.18 Å². The molecule has 1 aliphatic rings. The molecule has 4 rings (SSSR count). The van der Waals surface area contributed by atoms with Crippen LogP contribution in [0.3, 0.4) is 0 Å². The Labute approximate surface area is 165 Å². The SMILES string of the molecule is O=C(Cn1c(=O)n(Cc2ccc(F)cc2)c(=O)c2ncccc21)NC1CCCC1. The normalized spacial score (nSPS) is 14.4. The molecular formula is C21H21FN4O3. The molecule has 8 heteroatoms. The Morgan fingerprint density at radius 3 is 2.55 bits per heavy atom. The third kappa shape index (κ3) is 3.96. The quantitative estimate of drug-likeness (QED) is 0.713. The van der Waals surface area contributed by atoms with Crippen molar-refractivity contribution in [1.29, 1.82) is 0 Å². The molecule has 1 aromatic carbocycles. The van der Waals surface area contributed by atoms with Crippen molar-refractivity contribution >= 4 is 16.9 Å². The van der Waals surface area contributed by atoms with Gasteiger partial charge in [-0.2, -0.15) is 0 Å². The first-order valence-corrected chi connectivity index (χ1v) is 9.65. The van der Waals surface area contributed by atoms with Gasteiger partial charge in [-0.25, -0.2) is 14.2 Å². The number of fused-ring (bicyclic) bond motifs is 1. The van der Waals surface area contributed by atoms with E-state index in [9.17, 15) is 18.8 Å². The van der Waals surface area contributed by atoms with Crippen molar-refractivity contribution in [3.63, 3.8) is 0 Å². The van der Waals surface area contributed by atoms with Crippen molar-refractivity contribution in [2.45, 2.75) is 44.8 Å². The number of nitrogens with zero attached hydrogens (tertiary/aromatic N) is 3. The summed E-state index contributed by atoms with van der Waals surface area (Å²) >= 11 is 0. The molecule has 7 nitrogen and oxygen atoms in total. The molecule has 0 atom stereocenters. The van der Waals surface area contributed by atoms with Gasteiger partial charge in [-0.1, -0.05) is 25.0 Å². The second kappa shape index (κ2) is 7.98. The number of benzene rings is 1. The number of amides is 1. The molecular weight excluding hydrogens is 375 g/mol. The highest BCUT2D eigenvalue weighted by molar-refractivity contribution is 5.79. The summed E-state index contributed by atoms with van der Waals surface area (Å²) in [6, 6.07) is 8.93. The number of hydrogen-bond acceptors (Lipinski definition) is 4. The number of nitrogens with one attached hydrogen (secondary N) is 1. The van der Waals surface area contributed by atoms with Gasteiger partial charge in [-0.15, -0.1) is 0 Å². The molecule has 2 aromatic heterocycles. The second-order valence-corrected chi connectivity index (χ2v) is 7.31. The molecule has 1 fully saturated rings. The van der Waals surface area contributed by atoms with E-state index in [0.717, 1.165) is 30.3 Å². The number of halogens is 1. The van der Waals surface area contributed by atoms with Crippen LogP contribution in [0.4, 0.5) is 4.39 Å². The zero-order valence-electron chi connectivity index (χ0n) is 15.8. The zero-order valence-corrected chi connectivity index (χ0v) is 15.8. The van der Waals surface area contributed by atoms with E-state index >= 15 is 0 Å². The van der Waals surface area contributed by atoms with E-state index in [1.807, 2.05) is 0 Å². The fourth-order valence-electron chi connectivity index (χ4n) is 3.79. The Hall–Kier alpha value is -3.29. The minimum absolute atomic E-state index is 0.0330. The summed E-state index contributed by atoms with van der Waals surface area (Å²) < 4.78 is 15.5. The fourth-order valence-corrected chi connectivity index (χ4v) is 3.79. The van der Waals surface area contributed by atoms with Gasteiger partial charge in [0.25, 0.3) is 5.56 Å². The third-order valence-electron chi connectivity index (χ3n) is 5.26. The number of pyridine rings is 1. The lowest BCUT2D eigenvalue weighted by Crippen LogP contribution is -2.44. The molecule has 1 saturated carbocycles. The van der Waals surface area contributed by atoms with Crippen molar-refractivity contribution in [3.05, 3.63) is 74.8 Å². The van der Waals surface area contributed by atoms with Crippen LogP contribution in [0.15, 0.2) is 52.2 Å². The largest absolute Gasteiger partial charge is 0.352 e. The monoisotopic (exact) mass is 396 g/mol. The Morgan fingerprint density at radius 2 is 1.83 bits per heavy atom. The van der Waals surface area contributed by atoms with Crippen molar-refractivity contribution in [1.82, 2.24) is 19.4 Å². The molecule has 29 heavy (non-hydrogen) atoms. The van der Waals surface area contributed by atoms with Crippen LogP contribution in [0.1, 0.15) is 31.2 Å². The van der Waals surface area contributed by atoms with Gasteiger partial charge in [-0.3, -0.25) is 18.7 Å². The van der Waals surface area contributed by atoms with Crippen LogP contribution in [0.5, 0.6) is 0 Å². The van der Waals surface area contributed by atoms with E-state index < -0.39 is 17.1 Å². The van der Waals surface area contributed by atoms with Gasteiger partial charge in [0.2, 0.25) is 5.91 Å². The van der Waals surface area contributed by atoms with Crippen LogP contribution >= 0.6 is 0 Å². The fraction of sp³-hybridized carbons (Fsp3) is 0.333. The summed E-state index contributed by atoms with van der Waals surface area (Å²) in [4.78, 5) is 42.6. The van der Waals surface area contributed by atoms with Gasteiger partial charge in [0.15, 0.2) is 5.52 Å². The molecule has 3 aromatic rings. The highest BCUT2D eigenvalue weighted by Gasteiger charge is 2.20. The van der Waals surface area contributed by atoms with Gasteiger partial charge in [0, 0.05) is 12.2 Å². The first-order chi connectivity index (χ1) is 14.0. The predicted molar refractivity (Wildman–Crippen MR) is 106 cm³/mol. The first-order valence-electron chi connectivity index (χ1n) is 9.65. The van der Waals surface area contributed by atoms with Crippen molar-refractivity contribution in [2.24, 2.45) is 0 Å². The maximum Gasteiger partial charge on any atom is 0.332 e. The van der Waals surface area contributed by atoms with E-state index in [2.05, 4.69) is 10.3 Å². The Kier molecular flexibility index (Phi) is 5.24. The molecule has 1 N–H and O–H groups in total. The molecule has 0 aliphatic heterocycles. The van der Waals surface area contributed by atoms with Crippen LogP contribution in [-0.2, 0) is 17.9 Å². The molecule has 1 amide bonds. The highest BCUT2D eigenvalue weighted by Crippen LogP contribution is 2.17. The number of rotatable bonds is 5. The maximum absolute atomic E-state index is 13.2. The minimum Gasteiger partial charge on any atom is -0.352 e. The summed E-state index contributed by atoms with van der Waals surface area (Å²) in [5, 5.41) is 2.96. The molecule has 0 radical (unpaired) electrons. The molecule has 2 heterocycles. The smallest absolute Gasteiger partial charge is 0.332 e. The van der Waals surface area contributed by atoms with E-state index in [4.69, 9.17) is 0 Å². The van der Waals surface area contributed by atoms with E-state index in [0.29, 0.717) is 11.1 Å². The lowest BCUT2D eigenvalue weighted by atomic mass is 10.2. The number of carbonyl (C=O) groups excluding carboxylic acids is 1. The minimum atomic E-state index is -0.596. The molecule has 0 unspecified atom stereocenters. The second-order valence-electron chi connectivity index (χ2n) is 7.31. The number of hydrogen-bond donors (Lipinski definition) is 1. The predicted octanol–water partition coefficient (Wildman–Crippen LogP) is 1.80. The summed E-state index contributed by atoms with van der Waals surface area (Å²) in [6.07, 6.45) is 5.51. The van der Waals surface area contributed by atoms with Crippen LogP contribution in [-0.4, -0.2) is 26.1 Å². The molecule has 150 valence electrons. The maximum atomic E-state index is 13.2. The summed E-state index contributed by atoms with van der Waals surface area (Å²) in [6.45, 7) is -0.226. The number of carbonyl (C=O) groups is 1. The topological polar surface area (TPSA) is 86.0 Å². The summed E-state index contributed by atoms with van der Waals surface area (Å²) in [5.74, 6) is -0.668. The molecule has 0 bridgehead atoms. The molecule has 0 spiro atoms. The van der Waals surface area contributed by atoms with Gasteiger partial charge in [-0.05, 0) is 42.7 Å². The summed E-state index contributed by atoms with van der Waals surface area (Å²) in [7, 11) is 0. The Bertz CT molecular complexity index is 1160. The summed E-state index contributed by atoms with van der Waals surface area (Å²) in [5.41, 5.74) is -0.103. The highest BCUT2D eigenvalue weighted by atomic mass is 19.1. The average molecular weight is 396 g/mol. The van der Waals surface area contributed by atoms with Crippen LogP contribution < -0.4 is 16.6 Å². The van der Waals surface area contributed by atoms with E-state index in [1.165, 1.54) is 35.0 Å². The van der Waals surface area contributed by atoms with Crippen LogP contribution in [0, 0.1) is 5.82 Å². The molecule has 1 aliphatic carbocycles.